The van der Waals surface area contributed by atoms with Gasteiger partial charge in [0, 0.05) is 37.5 Å². The second-order valence-corrected chi connectivity index (χ2v) is 5.70. The number of aliphatic hydroxyl groups excluding tert-OH is 1. The molecule has 3 nitrogen and oxygen atoms in total. The number of nitrogens with one attached hydrogen (secondary N) is 1. The molecule has 1 saturated carbocycles. The zero-order valence-corrected chi connectivity index (χ0v) is 11.5. The molecule has 1 aromatic carbocycles. The summed E-state index contributed by atoms with van der Waals surface area (Å²) in [6.45, 7) is 2.06. The van der Waals surface area contributed by atoms with Crippen LogP contribution in [0, 0.1) is 5.41 Å². The molecule has 2 aromatic rings. The van der Waals surface area contributed by atoms with Crippen LogP contribution in [0.2, 0.25) is 0 Å². The Morgan fingerprint density at radius 1 is 1.10 bits per heavy atom. The molecule has 3 rings (SSSR count). The minimum absolute atomic E-state index is 0.169. The number of aliphatic hydroxyl groups is 1. The minimum Gasteiger partial charge on any atom is -0.396 e. The van der Waals surface area contributed by atoms with Crippen molar-refractivity contribution in [3.63, 3.8) is 0 Å². The molecule has 20 heavy (non-hydrogen) atoms. The summed E-state index contributed by atoms with van der Waals surface area (Å²) in [5.74, 6) is 0. The molecule has 3 heteroatoms. The summed E-state index contributed by atoms with van der Waals surface area (Å²) in [6.07, 6.45) is 5.93. The van der Waals surface area contributed by atoms with E-state index < -0.39 is 0 Å². The van der Waals surface area contributed by atoms with Gasteiger partial charge in [-0.05, 0) is 47.7 Å². The van der Waals surface area contributed by atoms with Gasteiger partial charge in [-0.3, -0.25) is 4.98 Å². The van der Waals surface area contributed by atoms with Crippen molar-refractivity contribution in [1.82, 2.24) is 10.3 Å². The summed E-state index contributed by atoms with van der Waals surface area (Å²) in [6, 6.07) is 12.6. The molecule has 0 bridgehead atoms. The Hall–Kier alpha value is -1.71. The molecule has 0 aliphatic heterocycles. The van der Waals surface area contributed by atoms with Crippen LogP contribution in [-0.4, -0.2) is 23.2 Å². The highest BCUT2D eigenvalue weighted by atomic mass is 16.3. The van der Waals surface area contributed by atoms with Crippen molar-refractivity contribution in [3.05, 3.63) is 54.4 Å². The zero-order valence-electron chi connectivity index (χ0n) is 11.5. The first-order valence-electron chi connectivity index (χ1n) is 7.12. The predicted molar refractivity (Wildman–Crippen MR) is 80.1 cm³/mol. The topological polar surface area (TPSA) is 45.1 Å². The number of nitrogens with zero attached hydrogens (tertiary/aromatic N) is 1. The van der Waals surface area contributed by atoms with Gasteiger partial charge in [0.15, 0.2) is 0 Å². The van der Waals surface area contributed by atoms with Gasteiger partial charge in [0.05, 0.1) is 0 Å². The monoisotopic (exact) mass is 268 g/mol. The predicted octanol–water partition coefficient (Wildman–Crippen LogP) is 2.61. The highest BCUT2D eigenvalue weighted by Crippen LogP contribution is 2.44. The second kappa shape index (κ2) is 5.73. The second-order valence-electron chi connectivity index (χ2n) is 5.70. The maximum absolute atomic E-state index is 9.30. The maximum Gasteiger partial charge on any atom is 0.0499 e. The van der Waals surface area contributed by atoms with Gasteiger partial charge in [0.2, 0.25) is 0 Å². The molecular weight excluding hydrogens is 248 g/mol. The van der Waals surface area contributed by atoms with Crippen LogP contribution in [0.25, 0.3) is 11.1 Å². The van der Waals surface area contributed by atoms with Gasteiger partial charge >= 0.3 is 0 Å². The van der Waals surface area contributed by atoms with Crippen LogP contribution in [0.1, 0.15) is 18.4 Å². The lowest BCUT2D eigenvalue weighted by Gasteiger charge is -2.13. The molecule has 0 spiro atoms. The van der Waals surface area contributed by atoms with E-state index in [1.165, 1.54) is 16.7 Å². The van der Waals surface area contributed by atoms with Crippen molar-refractivity contribution < 1.29 is 5.11 Å². The first-order chi connectivity index (χ1) is 9.81. The summed E-state index contributed by atoms with van der Waals surface area (Å²) in [7, 11) is 0. The Balaban J connectivity index is 1.63. The molecule has 104 valence electrons. The number of pyridine rings is 1. The standard InChI is InChI=1S/C17H20N2O/c20-13-17(6-7-17)12-19-11-14-2-1-3-16(10-14)15-4-8-18-9-5-15/h1-5,8-10,19-20H,6-7,11-13H2. The van der Waals surface area contributed by atoms with E-state index in [1.807, 2.05) is 24.5 Å². The average Bonchev–Trinajstić information content (AvgIpc) is 3.29. The van der Waals surface area contributed by atoms with Crippen molar-refractivity contribution in [2.24, 2.45) is 5.41 Å². The third-order valence-corrected chi connectivity index (χ3v) is 4.06. The van der Waals surface area contributed by atoms with E-state index in [4.69, 9.17) is 0 Å². The lowest BCUT2D eigenvalue weighted by atomic mass is 10.0. The smallest absolute Gasteiger partial charge is 0.0499 e. The fraction of sp³-hybridized carbons (Fsp3) is 0.353. The molecule has 1 heterocycles. The van der Waals surface area contributed by atoms with Crippen molar-refractivity contribution in [1.29, 1.82) is 0 Å². The van der Waals surface area contributed by atoms with Crippen LogP contribution in [-0.2, 0) is 6.54 Å². The van der Waals surface area contributed by atoms with E-state index >= 15 is 0 Å². The number of hydrogen-bond donors (Lipinski definition) is 2. The third kappa shape index (κ3) is 3.06. The lowest BCUT2D eigenvalue weighted by Crippen LogP contribution is -2.26. The number of aromatic nitrogens is 1. The molecule has 1 aliphatic carbocycles. The molecule has 1 aliphatic rings. The highest BCUT2D eigenvalue weighted by Gasteiger charge is 2.41. The molecule has 0 radical (unpaired) electrons. The summed E-state index contributed by atoms with van der Waals surface area (Å²) in [5.41, 5.74) is 3.85. The Bertz CT molecular complexity index is 564. The maximum atomic E-state index is 9.30. The quantitative estimate of drug-likeness (QED) is 0.846. The average molecular weight is 268 g/mol. The molecule has 1 fully saturated rings. The van der Waals surface area contributed by atoms with Crippen molar-refractivity contribution in [2.45, 2.75) is 19.4 Å². The van der Waals surface area contributed by atoms with Crippen LogP contribution in [0.3, 0.4) is 0 Å². The normalized spacial score (nSPS) is 16.1. The summed E-state index contributed by atoms with van der Waals surface area (Å²) < 4.78 is 0. The number of hydrogen-bond acceptors (Lipinski definition) is 3. The minimum atomic E-state index is 0.169. The Labute approximate surface area is 119 Å². The Morgan fingerprint density at radius 2 is 1.90 bits per heavy atom. The highest BCUT2D eigenvalue weighted by molar-refractivity contribution is 5.63. The van der Waals surface area contributed by atoms with Gasteiger partial charge in [-0.25, -0.2) is 0 Å². The summed E-state index contributed by atoms with van der Waals surface area (Å²) in [5, 5.41) is 12.8. The van der Waals surface area contributed by atoms with Crippen LogP contribution in [0.15, 0.2) is 48.8 Å². The van der Waals surface area contributed by atoms with Gasteiger partial charge in [-0.15, -0.1) is 0 Å². The molecule has 2 N–H and O–H groups in total. The van der Waals surface area contributed by atoms with Crippen molar-refractivity contribution >= 4 is 0 Å². The van der Waals surface area contributed by atoms with Crippen molar-refractivity contribution in [3.8, 4) is 11.1 Å². The molecule has 1 aromatic heterocycles. The van der Waals surface area contributed by atoms with Gasteiger partial charge in [-0.2, -0.15) is 0 Å². The lowest BCUT2D eigenvalue weighted by molar-refractivity contribution is 0.207. The molecule has 0 amide bonds. The van der Waals surface area contributed by atoms with E-state index in [1.54, 1.807) is 0 Å². The zero-order chi connectivity index (χ0) is 13.8. The van der Waals surface area contributed by atoms with E-state index in [2.05, 4.69) is 34.6 Å². The largest absolute Gasteiger partial charge is 0.396 e. The van der Waals surface area contributed by atoms with Gasteiger partial charge < -0.3 is 10.4 Å². The van der Waals surface area contributed by atoms with Crippen molar-refractivity contribution in [2.75, 3.05) is 13.2 Å². The first-order valence-corrected chi connectivity index (χ1v) is 7.12. The molecule has 0 unspecified atom stereocenters. The number of rotatable bonds is 6. The van der Waals surface area contributed by atoms with Crippen LogP contribution in [0.4, 0.5) is 0 Å². The van der Waals surface area contributed by atoms with E-state index in [-0.39, 0.29) is 5.41 Å². The molecular formula is C17H20N2O. The van der Waals surface area contributed by atoms with Gasteiger partial charge in [0.25, 0.3) is 0 Å². The molecule has 0 atom stereocenters. The van der Waals surface area contributed by atoms with Crippen LogP contribution < -0.4 is 5.32 Å². The fourth-order valence-corrected chi connectivity index (χ4v) is 2.44. The summed E-state index contributed by atoms with van der Waals surface area (Å²) in [4.78, 5) is 4.05. The van der Waals surface area contributed by atoms with E-state index in [9.17, 15) is 5.11 Å². The SMILES string of the molecule is OCC1(CNCc2cccc(-c3ccncc3)c2)CC1. The third-order valence-electron chi connectivity index (χ3n) is 4.06. The first kappa shape index (κ1) is 13.3. The van der Waals surface area contributed by atoms with E-state index in [0.717, 1.165) is 25.9 Å². The van der Waals surface area contributed by atoms with E-state index in [0.29, 0.717) is 6.61 Å². The van der Waals surface area contributed by atoms with Gasteiger partial charge in [0.1, 0.15) is 0 Å². The Morgan fingerprint density at radius 3 is 2.60 bits per heavy atom. The Kier molecular flexibility index (Phi) is 3.81. The van der Waals surface area contributed by atoms with Crippen LogP contribution >= 0.6 is 0 Å². The fourth-order valence-electron chi connectivity index (χ4n) is 2.44. The number of benzene rings is 1. The summed E-state index contributed by atoms with van der Waals surface area (Å²) >= 11 is 0. The van der Waals surface area contributed by atoms with Gasteiger partial charge in [-0.1, -0.05) is 18.2 Å². The molecule has 0 saturated heterocycles. The van der Waals surface area contributed by atoms with Crippen LogP contribution in [0.5, 0.6) is 0 Å².